The van der Waals surface area contributed by atoms with Gasteiger partial charge in [-0.05, 0) is 69.2 Å². The molecule has 0 heterocycles. The van der Waals surface area contributed by atoms with Gasteiger partial charge >= 0.3 is 18.0 Å². The zero-order valence-electron chi connectivity index (χ0n) is 18.6. The van der Waals surface area contributed by atoms with Crippen LogP contribution in [0.3, 0.4) is 0 Å². The third kappa shape index (κ3) is 6.00. The van der Waals surface area contributed by atoms with E-state index in [1.807, 2.05) is 6.92 Å². The van der Waals surface area contributed by atoms with Crippen LogP contribution in [-0.2, 0) is 14.3 Å². The molecule has 1 aromatic carbocycles. The van der Waals surface area contributed by atoms with Crippen LogP contribution < -0.4 is 9.84 Å². The number of carbonyl (C=O) groups is 3. The number of benzene rings is 1. The molecule has 3 rings (SSSR count). The van der Waals surface area contributed by atoms with Crippen LogP contribution in [0.2, 0.25) is 0 Å². The average molecular weight is 467 g/mol. The Morgan fingerprint density at radius 3 is 2.21 bits per heavy atom. The fraction of sp³-hybridized carbons (Fsp3) is 0.625. The van der Waals surface area contributed by atoms with Gasteiger partial charge in [0.05, 0.1) is 5.56 Å². The topological polar surface area (TPSA) is 102 Å². The minimum atomic E-state index is -4.31. The van der Waals surface area contributed by atoms with Gasteiger partial charge in [0.2, 0.25) is 0 Å². The fourth-order valence-electron chi connectivity index (χ4n) is 4.70. The van der Waals surface area contributed by atoms with E-state index in [1.54, 1.807) is 0 Å². The van der Waals surface area contributed by atoms with E-state index < -0.39 is 41.6 Å². The first-order chi connectivity index (χ1) is 15.7. The lowest BCUT2D eigenvalue weighted by Gasteiger charge is -2.35. The number of esters is 1. The Morgan fingerprint density at radius 2 is 1.67 bits per heavy atom. The minimum Gasteiger partial charge on any atom is -0.544 e. The number of aliphatic carboxylic acids is 1. The van der Waals surface area contributed by atoms with Crippen LogP contribution in [0.5, 0.6) is 5.75 Å². The SMILES string of the molecule is CCC1(OC(=O)Oc2ccc(C(=O)OC(C3CCCCC3)C(F)(F)C(=O)[O-])cc2)CCCC1. The first-order valence-corrected chi connectivity index (χ1v) is 11.5. The van der Waals surface area contributed by atoms with E-state index in [1.165, 1.54) is 24.3 Å². The molecule has 0 radical (unpaired) electrons. The Hall–Kier alpha value is -2.71. The number of halogens is 2. The van der Waals surface area contributed by atoms with Gasteiger partial charge in [-0.1, -0.05) is 26.2 Å². The smallest absolute Gasteiger partial charge is 0.514 e. The number of rotatable bonds is 8. The first kappa shape index (κ1) is 24.9. The maximum absolute atomic E-state index is 14.3. The molecule has 2 aliphatic carbocycles. The van der Waals surface area contributed by atoms with Crippen LogP contribution in [0, 0.1) is 5.92 Å². The van der Waals surface area contributed by atoms with Crippen molar-refractivity contribution < 1.29 is 42.5 Å². The van der Waals surface area contributed by atoms with Crippen LogP contribution in [0.4, 0.5) is 13.6 Å². The van der Waals surface area contributed by atoms with Crippen molar-refractivity contribution in [2.24, 2.45) is 5.92 Å². The molecule has 0 aromatic heterocycles. The molecule has 2 fully saturated rings. The van der Waals surface area contributed by atoms with Gasteiger partial charge in [0, 0.05) is 5.92 Å². The Labute approximate surface area is 191 Å². The molecule has 0 N–H and O–H groups in total. The molecule has 1 atom stereocenters. The monoisotopic (exact) mass is 467 g/mol. The molecule has 9 heteroatoms. The van der Waals surface area contributed by atoms with Gasteiger partial charge in [0.15, 0.2) is 6.10 Å². The minimum absolute atomic E-state index is 0.0773. The summed E-state index contributed by atoms with van der Waals surface area (Å²) >= 11 is 0. The van der Waals surface area contributed by atoms with Crippen molar-refractivity contribution in [1.82, 2.24) is 0 Å². The van der Waals surface area contributed by atoms with E-state index in [-0.39, 0.29) is 11.3 Å². The summed E-state index contributed by atoms with van der Waals surface area (Å²) in [6.07, 6.45) is 4.11. The number of carboxylic acids is 1. The average Bonchev–Trinajstić information content (AvgIpc) is 3.26. The predicted octanol–water partition coefficient (Wildman–Crippen LogP) is 4.42. The number of hydrogen-bond donors (Lipinski definition) is 0. The molecule has 2 saturated carbocycles. The van der Waals surface area contributed by atoms with E-state index in [4.69, 9.17) is 14.2 Å². The second-order valence-corrected chi connectivity index (χ2v) is 8.86. The molecule has 1 unspecified atom stereocenters. The third-order valence-corrected chi connectivity index (χ3v) is 6.69. The lowest BCUT2D eigenvalue weighted by Crippen LogP contribution is -2.54. The summed E-state index contributed by atoms with van der Waals surface area (Å²) in [7, 11) is 0. The largest absolute Gasteiger partial charge is 0.544 e. The molecule has 2 aliphatic rings. The molecule has 7 nitrogen and oxygen atoms in total. The maximum Gasteiger partial charge on any atom is 0.514 e. The number of carbonyl (C=O) groups excluding carboxylic acids is 3. The van der Waals surface area contributed by atoms with E-state index in [0.717, 1.165) is 32.1 Å². The third-order valence-electron chi connectivity index (χ3n) is 6.69. The molecule has 33 heavy (non-hydrogen) atoms. The fourth-order valence-corrected chi connectivity index (χ4v) is 4.70. The number of carboxylic acid groups (broad SMARTS) is 1. The Morgan fingerprint density at radius 1 is 1.06 bits per heavy atom. The zero-order valence-corrected chi connectivity index (χ0v) is 18.6. The van der Waals surface area contributed by atoms with Gasteiger partial charge in [0.25, 0.3) is 0 Å². The highest BCUT2D eigenvalue weighted by molar-refractivity contribution is 5.90. The van der Waals surface area contributed by atoms with Crippen LogP contribution in [0.25, 0.3) is 0 Å². The standard InChI is InChI=1S/C24H30F2O7/c1-2-23(14-6-7-15-23)33-22(30)31-18-12-10-17(11-13-18)20(27)32-19(24(25,26)21(28)29)16-8-4-3-5-9-16/h10-13,16,19H,2-9,14-15H2,1H3,(H,28,29)/p-1. The van der Waals surface area contributed by atoms with Crippen molar-refractivity contribution in [1.29, 1.82) is 0 Å². The molecule has 0 saturated heterocycles. The molecule has 0 amide bonds. The highest BCUT2D eigenvalue weighted by Gasteiger charge is 2.48. The van der Waals surface area contributed by atoms with Crippen molar-refractivity contribution >= 4 is 18.1 Å². The molecule has 0 bridgehead atoms. The Kier molecular flexibility index (Phi) is 7.92. The second-order valence-electron chi connectivity index (χ2n) is 8.86. The van der Waals surface area contributed by atoms with Crippen LogP contribution in [-0.4, -0.2) is 35.7 Å². The van der Waals surface area contributed by atoms with Crippen molar-refractivity contribution in [2.45, 2.75) is 88.8 Å². The predicted molar refractivity (Wildman–Crippen MR) is 111 cm³/mol. The van der Waals surface area contributed by atoms with Gasteiger partial charge in [-0.3, -0.25) is 0 Å². The van der Waals surface area contributed by atoms with E-state index >= 15 is 0 Å². The van der Waals surface area contributed by atoms with Crippen LogP contribution >= 0.6 is 0 Å². The van der Waals surface area contributed by atoms with E-state index in [0.29, 0.717) is 32.1 Å². The molecule has 0 spiro atoms. The zero-order chi connectivity index (χ0) is 24.1. The van der Waals surface area contributed by atoms with Crippen LogP contribution in [0.15, 0.2) is 24.3 Å². The first-order valence-electron chi connectivity index (χ1n) is 11.5. The van der Waals surface area contributed by atoms with E-state index in [2.05, 4.69) is 0 Å². The van der Waals surface area contributed by atoms with Gasteiger partial charge in [-0.25, -0.2) is 9.59 Å². The van der Waals surface area contributed by atoms with Crippen molar-refractivity contribution in [3.8, 4) is 5.75 Å². The summed E-state index contributed by atoms with van der Waals surface area (Å²) in [6.45, 7) is 1.95. The van der Waals surface area contributed by atoms with Gasteiger partial charge in [0.1, 0.15) is 17.3 Å². The molecule has 182 valence electrons. The summed E-state index contributed by atoms with van der Waals surface area (Å²) in [4.78, 5) is 35.7. The molecular formula is C24H29F2O7-. The molecule has 1 aromatic rings. The Bertz CT molecular complexity index is 841. The van der Waals surface area contributed by atoms with Gasteiger partial charge in [-0.2, -0.15) is 8.78 Å². The van der Waals surface area contributed by atoms with Crippen LogP contribution in [0.1, 0.15) is 81.5 Å². The summed E-state index contributed by atoms with van der Waals surface area (Å²) in [6, 6.07) is 5.14. The van der Waals surface area contributed by atoms with Gasteiger partial charge < -0.3 is 24.1 Å². The Balaban J connectivity index is 1.64. The maximum atomic E-state index is 14.3. The van der Waals surface area contributed by atoms with Gasteiger partial charge in [-0.15, -0.1) is 0 Å². The number of ether oxygens (including phenoxy) is 3. The second kappa shape index (κ2) is 10.5. The summed E-state index contributed by atoms with van der Waals surface area (Å²) in [5.41, 5.74) is -0.592. The summed E-state index contributed by atoms with van der Waals surface area (Å²) < 4.78 is 44.3. The highest BCUT2D eigenvalue weighted by Crippen LogP contribution is 2.37. The normalized spacial score (nSPS) is 19.5. The van der Waals surface area contributed by atoms with Crippen molar-refractivity contribution in [2.75, 3.05) is 0 Å². The lowest BCUT2D eigenvalue weighted by atomic mass is 9.83. The van der Waals surface area contributed by atoms with E-state index in [9.17, 15) is 28.3 Å². The molecule has 0 aliphatic heterocycles. The van der Waals surface area contributed by atoms with Crippen molar-refractivity contribution in [3.05, 3.63) is 29.8 Å². The molecular weight excluding hydrogens is 438 g/mol. The summed E-state index contributed by atoms with van der Waals surface area (Å²) in [5, 5.41) is 11.0. The quantitative estimate of drug-likeness (QED) is 0.412. The number of alkyl halides is 2. The lowest BCUT2D eigenvalue weighted by molar-refractivity contribution is -0.337. The number of hydrogen-bond acceptors (Lipinski definition) is 7. The highest BCUT2D eigenvalue weighted by atomic mass is 19.3. The summed E-state index contributed by atoms with van der Waals surface area (Å²) in [5.74, 6) is -8.61. The van der Waals surface area contributed by atoms with Crippen molar-refractivity contribution in [3.63, 3.8) is 0 Å².